The predicted molar refractivity (Wildman–Crippen MR) is 136 cm³/mol. The summed E-state index contributed by atoms with van der Waals surface area (Å²) in [6.45, 7) is 3.45. The van der Waals surface area contributed by atoms with Crippen molar-refractivity contribution in [3.8, 4) is 11.3 Å². The highest BCUT2D eigenvalue weighted by atomic mass is 35.5. The van der Waals surface area contributed by atoms with Crippen molar-refractivity contribution in [2.75, 3.05) is 29.9 Å². The van der Waals surface area contributed by atoms with Crippen LogP contribution in [0.4, 0.5) is 25.1 Å². The number of benzene rings is 3. The average molecular weight is 496 g/mol. The van der Waals surface area contributed by atoms with E-state index in [4.69, 9.17) is 0 Å². The Bertz CT molecular complexity index is 1350. The summed E-state index contributed by atoms with van der Waals surface area (Å²) in [4.78, 5) is 16.5. The Morgan fingerprint density at radius 2 is 1.66 bits per heavy atom. The first-order valence-corrected chi connectivity index (χ1v) is 11.1. The number of amides is 2. The standard InChI is InChI=1S/C26H23F2N5O.ClH/c1-17-16-32(13-14-33(17)26(34)29-23-12-11-19(27)15-22(23)28)25-21-10-6-5-9-20(21)24(30-31-25)18-7-3-2-4-8-18;/h2-12,15,17H,13-14,16H2,1H3,(H,29,34);1H. The number of carbonyl (C=O) groups excluding carboxylic acids is 1. The molecule has 1 atom stereocenters. The molecule has 1 saturated heterocycles. The van der Waals surface area contributed by atoms with Gasteiger partial charge in [0.1, 0.15) is 17.3 Å². The molecular formula is C26H24ClF2N5O. The highest BCUT2D eigenvalue weighted by Crippen LogP contribution is 2.32. The van der Waals surface area contributed by atoms with Gasteiger partial charge in [-0.25, -0.2) is 13.6 Å². The summed E-state index contributed by atoms with van der Waals surface area (Å²) < 4.78 is 27.1. The van der Waals surface area contributed by atoms with Crippen LogP contribution in [0.3, 0.4) is 0 Å². The van der Waals surface area contributed by atoms with Crippen molar-refractivity contribution >= 4 is 40.7 Å². The molecule has 2 amide bonds. The van der Waals surface area contributed by atoms with Crippen LogP contribution in [0.1, 0.15) is 6.92 Å². The number of nitrogens with one attached hydrogen (secondary N) is 1. The maximum atomic E-state index is 14.0. The number of anilines is 2. The number of halogens is 3. The molecule has 180 valence electrons. The summed E-state index contributed by atoms with van der Waals surface area (Å²) in [7, 11) is 0. The molecule has 0 radical (unpaired) electrons. The predicted octanol–water partition coefficient (Wildman–Crippen LogP) is 5.74. The van der Waals surface area contributed by atoms with Crippen LogP contribution in [0.15, 0.2) is 72.8 Å². The Labute approximate surface area is 208 Å². The summed E-state index contributed by atoms with van der Waals surface area (Å²) in [6, 6.07) is 20.5. The van der Waals surface area contributed by atoms with Crippen LogP contribution in [-0.4, -0.2) is 46.8 Å². The fourth-order valence-corrected chi connectivity index (χ4v) is 4.36. The summed E-state index contributed by atoms with van der Waals surface area (Å²) >= 11 is 0. The van der Waals surface area contributed by atoms with Crippen molar-refractivity contribution in [3.05, 3.63) is 84.4 Å². The van der Waals surface area contributed by atoms with Crippen LogP contribution in [0.2, 0.25) is 0 Å². The number of nitrogens with zero attached hydrogens (tertiary/aromatic N) is 4. The number of urea groups is 1. The molecule has 9 heteroatoms. The molecule has 1 aromatic heterocycles. The molecular weight excluding hydrogens is 472 g/mol. The monoisotopic (exact) mass is 495 g/mol. The summed E-state index contributed by atoms with van der Waals surface area (Å²) in [5.41, 5.74) is 1.78. The smallest absolute Gasteiger partial charge is 0.322 e. The van der Waals surface area contributed by atoms with Crippen molar-refractivity contribution in [1.82, 2.24) is 15.1 Å². The highest BCUT2D eigenvalue weighted by Gasteiger charge is 2.29. The maximum Gasteiger partial charge on any atom is 0.322 e. The SMILES string of the molecule is CC1CN(c2nnc(-c3ccccc3)c3ccccc23)CCN1C(=O)Nc1ccc(F)cc1F.Cl. The lowest BCUT2D eigenvalue weighted by molar-refractivity contribution is 0.184. The van der Waals surface area contributed by atoms with Crippen LogP contribution < -0.4 is 10.2 Å². The van der Waals surface area contributed by atoms with E-state index in [-0.39, 0.29) is 24.1 Å². The van der Waals surface area contributed by atoms with Gasteiger partial charge in [0.2, 0.25) is 0 Å². The first kappa shape index (κ1) is 24.3. The molecule has 6 nitrogen and oxygen atoms in total. The van der Waals surface area contributed by atoms with Gasteiger partial charge < -0.3 is 15.1 Å². The lowest BCUT2D eigenvalue weighted by Crippen LogP contribution is -2.55. The van der Waals surface area contributed by atoms with E-state index in [0.29, 0.717) is 19.6 Å². The zero-order chi connectivity index (χ0) is 23.7. The first-order chi connectivity index (χ1) is 16.5. The molecule has 0 aliphatic carbocycles. The molecule has 1 N–H and O–H groups in total. The molecule has 0 bridgehead atoms. The Balaban J connectivity index is 0.00000289. The number of hydrogen-bond acceptors (Lipinski definition) is 4. The van der Waals surface area contributed by atoms with Gasteiger partial charge in [-0.05, 0) is 19.1 Å². The number of carbonyl (C=O) groups is 1. The molecule has 35 heavy (non-hydrogen) atoms. The van der Waals surface area contributed by atoms with E-state index in [2.05, 4.69) is 20.4 Å². The van der Waals surface area contributed by atoms with Gasteiger partial charge >= 0.3 is 6.03 Å². The molecule has 0 saturated carbocycles. The Morgan fingerprint density at radius 1 is 0.943 bits per heavy atom. The van der Waals surface area contributed by atoms with E-state index in [1.165, 1.54) is 6.07 Å². The lowest BCUT2D eigenvalue weighted by Gasteiger charge is -2.40. The molecule has 1 aliphatic rings. The first-order valence-electron chi connectivity index (χ1n) is 11.1. The minimum Gasteiger partial charge on any atom is -0.351 e. The molecule has 1 unspecified atom stereocenters. The molecule has 2 heterocycles. The molecule has 1 aliphatic heterocycles. The van der Waals surface area contributed by atoms with Gasteiger partial charge in [-0.2, -0.15) is 0 Å². The minimum atomic E-state index is -0.806. The number of hydrogen-bond donors (Lipinski definition) is 1. The van der Waals surface area contributed by atoms with Crippen molar-refractivity contribution in [2.24, 2.45) is 0 Å². The minimum absolute atomic E-state index is 0. The van der Waals surface area contributed by atoms with Gasteiger partial charge in [0.25, 0.3) is 0 Å². The Morgan fingerprint density at radius 3 is 2.37 bits per heavy atom. The quantitative estimate of drug-likeness (QED) is 0.394. The molecule has 4 aromatic rings. The number of rotatable bonds is 3. The third-order valence-corrected chi connectivity index (χ3v) is 6.08. The van der Waals surface area contributed by atoms with Gasteiger partial charge in [0.15, 0.2) is 5.82 Å². The van der Waals surface area contributed by atoms with Gasteiger partial charge in [0.05, 0.1) is 5.69 Å². The van der Waals surface area contributed by atoms with E-state index in [1.54, 1.807) is 4.90 Å². The average Bonchev–Trinajstić information content (AvgIpc) is 2.85. The van der Waals surface area contributed by atoms with E-state index in [1.807, 2.05) is 61.5 Å². The van der Waals surface area contributed by atoms with E-state index < -0.39 is 17.7 Å². The topological polar surface area (TPSA) is 61.4 Å². The van der Waals surface area contributed by atoms with Crippen LogP contribution >= 0.6 is 12.4 Å². The van der Waals surface area contributed by atoms with E-state index in [9.17, 15) is 13.6 Å². The van der Waals surface area contributed by atoms with Crippen LogP contribution in [0, 0.1) is 11.6 Å². The molecule has 5 rings (SSSR count). The second kappa shape index (κ2) is 10.2. The van der Waals surface area contributed by atoms with Gasteiger partial charge in [-0.1, -0.05) is 54.6 Å². The largest absolute Gasteiger partial charge is 0.351 e. The fraction of sp³-hybridized carbons (Fsp3) is 0.192. The van der Waals surface area contributed by atoms with Gasteiger partial charge in [-0.15, -0.1) is 22.6 Å². The summed E-state index contributed by atoms with van der Waals surface area (Å²) in [5, 5.41) is 13.7. The second-order valence-corrected chi connectivity index (χ2v) is 8.33. The zero-order valence-electron chi connectivity index (χ0n) is 19.0. The second-order valence-electron chi connectivity index (χ2n) is 8.33. The van der Waals surface area contributed by atoms with Crippen molar-refractivity contribution in [2.45, 2.75) is 13.0 Å². The number of piperazine rings is 1. The Hall–Kier alpha value is -3.78. The van der Waals surface area contributed by atoms with Crippen LogP contribution in [-0.2, 0) is 0 Å². The van der Waals surface area contributed by atoms with Gasteiger partial charge in [0, 0.05) is 48.1 Å². The third-order valence-electron chi connectivity index (χ3n) is 6.08. The van der Waals surface area contributed by atoms with Crippen molar-refractivity contribution in [3.63, 3.8) is 0 Å². The molecule has 3 aromatic carbocycles. The molecule has 0 spiro atoms. The molecule has 1 fully saturated rings. The zero-order valence-corrected chi connectivity index (χ0v) is 19.8. The Kier molecular flexibility index (Phi) is 7.12. The number of fused-ring (bicyclic) bond motifs is 1. The fourth-order valence-electron chi connectivity index (χ4n) is 4.36. The van der Waals surface area contributed by atoms with Crippen LogP contribution in [0.5, 0.6) is 0 Å². The maximum absolute atomic E-state index is 14.0. The summed E-state index contributed by atoms with van der Waals surface area (Å²) in [5.74, 6) is -0.726. The normalized spacial score (nSPS) is 15.6. The number of aromatic nitrogens is 2. The highest BCUT2D eigenvalue weighted by molar-refractivity contribution is 6.00. The summed E-state index contributed by atoms with van der Waals surface area (Å²) in [6.07, 6.45) is 0. The van der Waals surface area contributed by atoms with Gasteiger partial charge in [-0.3, -0.25) is 0 Å². The van der Waals surface area contributed by atoms with Crippen molar-refractivity contribution in [1.29, 1.82) is 0 Å². The van der Waals surface area contributed by atoms with Crippen molar-refractivity contribution < 1.29 is 13.6 Å². The lowest BCUT2D eigenvalue weighted by atomic mass is 10.0. The third kappa shape index (κ3) is 4.88. The van der Waals surface area contributed by atoms with Crippen LogP contribution in [0.25, 0.3) is 22.0 Å². The van der Waals surface area contributed by atoms with E-state index >= 15 is 0 Å². The van der Waals surface area contributed by atoms with E-state index in [0.717, 1.165) is 40.0 Å².